The van der Waals surface area contributed by atoms with E-state index in [1.165, 1.54) is 22.2 Å². The van der Waals surface area contributed by atoms with Gasteiger partial charge in [-0.05, 0) is 44.4 Å². The first kappa shape index (κ1) is 8.30. The Labute approximate surface area is 78.0 Å². The highest BCUT2D eigenvalue weighted by Gasteiger charge is 2.07. The van der Waals surface area contributed by atoms with Crippen molar-refractivity contribution in [3.05, 3.63) is 28.6 Å². The van der Waals surface area contributed by atoms with Gasteiger partial charge in [0.15, 0.2) is 0 Å². The van der Waals surface area contributed by atoms with E-state index in [9.17, 15) is 0 Å². The van der Waals surface area contributed by atoms with E-state index in [0.717, 1.165) is 11.3 Å². The van der Waals surface area contributed by atoms with Crippen LogP contribution in [0.25, 0.3) is 11.0 Å². The van der Waals surface area contributed by atoms with Crippen molar-refractivity contribution in [3.63, 3.8) is 0 Å². The molecule has 0 bridgehead atoms. The summed E-state index contributed by atoms with van der Waals surface area (Å²) in [4.78, 5) is 7.76. The van der Waals surface area contributed by atoms with Gasteiger partial charge in [-0.2, -0.15) is 0 Å². The molecule has 0 atom stereocenters. The molecule has 2 aromatic rings. The number of hydrogen-bond donors (Lipinski definition) is 1. The summed E-state index contributed by atoms with van der Waals surface area (Å²) in [5.74, 6) is 0.992. The highest BCUT2D eigenvalue weighted by molar-refractivity contribution is 5.83. The molecule has 68 valence electrons. The number of fused-ring (bicyclic) bond motifs is 1. The third kappa shape index (κ3) is 1.13. The Morgan fingerprint density at radius 3 is 2.46 bits per heavy atom. The lowest BCUT2D eigenvalue weighted by atomic mass is 10.0. The number of nitrogens with one attached hydrogen (secondary N) is 1. The van der Waals surface area contributed by atoms with Gasteiger partial charge in [-0.25, -0.2) is 4.98 Å². The van der Waals surface area contributed by atoms with Crippen LogP contribution in [0.5, 0.6) is 0 Å². The number of nitrogens with zero attached hydrogens (tertiary/aromatic N) is 1. The Bertz CT molecular complexity index is 466. The van der Waals surface area contributed by atoms with Crippen molar-refractivity contribution in [1.29, 1.82) is 0 Å². The first-order chi connectivity index (χ1) is 6.09. The lowest BCUT2D eigenvalue weighted by Crippen LogP contribution is -1.86. The summed E-state index contributed by atoms with van der Waals surface area (Å²) < 4.78 is 0. The smallest absolute Gasteiger partial charge is 0.104 e. The molecular weight excluding hydrogens is 160 g/mol. The van der Waals surface area contributed by atoms with E-state index < -0.39 is 0 Å². The number of rotatable bonds is 0. The number of benzene rings is 1. The van der Waals surface area contributed by atoms with Gasteiger partial charge in [0.2, 0.25) is 0 Å². The minimum absolute atomic E-state index is 0.992. The Hall–Kier alpha value is -1.31. The molecule has 2 nitrogen and oxygen atoms in total. The van der Waals surface area contributed by atoms with Crippen molar-refractivity contribution in [3.8, 4) is 0 Å². The van der Waals surface area contributed by atoms with Gasteiger partial charge in [0.25, 0.3) is 0 Å². The summed E-state index contributed by atoms with van der Waals surface area (Å²) in [7, 11) is 0. The fourth-order valence-electron chi connectivity index (χ4n) is 1.75. The number of imidazole rings is 1. The van der Waals surface area contributed by atoms with Gasteiger partial charge < -0.3 is 4.98 Å². The van der Waals surface area contributed by atoms with Crippen LogP contribution in [-0.2, 0) is 0 Å². The minimum Gasteiger partial charge on any atom is -0.342 e. The molecule has 0 aliphatic rings. The lowest BCUT2D eigenvalue weighted by Gasteiger charge is -2.02. The Balaban J connectivity index is 2.95. The predicted molar refractivity (Wildman–Crippen MR) is 55.0 cm³/mol. The molecule has 0 radical (unpaired) electrons. The van der Waals surface area contributed by atoms with Gasteiger partial charge in [0.1, 0.15) is 5.82 Å². The van der Waals surface area contributed by atoms with E-state index in [1.807, 2.05) is 6.92 Å². The molecule has 0 amide bonds. The Kier molecular flexibility index (Phi) is 1.65. The van der Waals surface area contributed by atoms with E-state index in [1.54, 1.807) is 0 Å². The Morgan fingerprint density at radius 1 is 1.08 bits per heavy atom. The van der Waals surface area contributed by atoms with E-state index in [0.29, 0.717) is 0 Å². The van der Waals surface area contributed by atoms with E-state index in [-0.39, 0.29) is 0 Å². The maximum absolute atomic E-state index is 4.46. The van der Waals surface area contributed by atoms with Crippen LogP contribution < -0.4 is 0 Å². The minimum atomic E-state index is 0.992. The van der Waals surface area contributed by atoms with Crippen LogP contribution in [0.15, 0.2) is 6.07 Å². The van der Waals surface area contributed by atoms with Gasteiger partial charge in [-0.3, -0.25) is 0 Å². The van der Waals surface area contributed by atoms with Crippen molar-refractivity contribution < 1.29 is 0 Å². The largest absolute Gasteiger partial charge is 0.342 e. The molecule has 1 aromatic carbocycles. The zero-order valence-corrected chi connectivity index (χ0v) is 8.52. The van der Waals surface area contributed by atoms with Gasteiger partial charge in [-0.15, -0.1) is 0 Å². The second-order valence-electron chi connectivity index (χ2n) is 3.68. The van der Waals surface area contributed by atoms with Crippen LogP contribution in [0.2, 0.25) is 0 Å². The third-order valence-corrected chi connectivity index (χ3v) is 2.60. The Morgan fingerprint density at radius 2 is 1.77 bits per heavy atom. The zero-order valence-electron chi connectivity index (χ0n) is 8.52. The molecule has 1 N–H and O–H groups in total. The molecule has 2 rings (SSSR count). The summed E-state index contributed by atoms with van der Waals surface area (Å²) in [6, 6.07) is 2.19. The lowest BCUT2D eigenvalue weighted by molar-refractivity contribution is 1.17. The molecule has 2 heteroatoms. The average Bonchev–Trinajstić information content (AvgIpc) is 2.44. The fourth-order valence-corrected chi connectivity index (χ4v) is 1.75. The number of hydrogen-bond acceptors (Lipinski definition) is 1. The van der Waals surface area contributed by atoms with Gasteiger partial charge in [0, 0.05) is 0 Å². The van der Waals surface area contributed by atoms with Crippen LogP contribution in [0.1, 0.15) is 22.5 Å². The average molecular weight is 174 g/mol. The zero-order chi connectivity index (χ0) is 9.59. The normalized spacial score (nSPS) is 11.1. The fraction of sp³-hybridized carbons (Fsp3) is 0.364. The van der Waals surface area contributed by atoms with Gasteiger partial charge in [0.05, 0.1) is 11.0 Å². The number of aromatic nitrogens is 2. The van der Waals surface area contributed by atoms with Crippen LogP contribution in [0, 0.1) is 27.7 Å². The third-order valence-electron chi connectivity index (χ3n) is 2.60. The van der Waals surface area contributed by atoms with Crippen molar-refractivity contribution in [2.75, 3.05) is 0 Å². The maximum Gasteiger partial charge on any atom is 0.104 e. The van der Waals surface area contributed by atoms with Crippen LogP contribution in [0.3, 0.4) is 0 Å². The van der Waals surface area contributed by atoms with E-state index in [2.05, 4.69) is 36.8 Å². The number of aryl methyl sites for hydroxylation is 4. The highest BCUT2D eigenvalue weighted by atomic mass is 14.9. The van der Waals surface area contributed by atoms with Gasteiger partial charge in [-0.1, -0.05) is 6.07 Å². The maximum atomic E-state index is 4.46. The number of H-pyrrole nitrogens is 1. The summed E-state index contributed by atoms with van der Waals surface area (Å²) in [5, 5.41) is 0. The van der Waals surface area contributed by atoms with Crippen LogP contribution >= 0.6 is 0 Å². The molecule has 1 aromatic heterocycles. The van der Waals surface area contributed by atoms with Crippen molar-refractivity contribution in [2.45, 2.75) is 27.7 Å². The molecule has 0 fully saturated rings. The standard InChI is InChI=1S/C11H14N2/c1-6-5-7(2)10-11(8(6)3)13-9(4)12-10/h5H,1-4H3,(H,12,13). The van der Waals surface area contributed by atoms with Crippen LogP contribution in [-0.4, -0.2) is 9.97 Å². The molecule has 13 heavy (non-hydrogen) atoms. The molecular formula is C11H14N2. The van der Waals surface area contributed by atoms with Crippen molar-refractivity contribution in [1.82, 2.24) is 9.97 Å². The highest BCUT2D eigenvalue weighted by Crippen LogP contribution is 2.22. The van der Waals surface area contributed by atoms with Crippen molar-refractivity contribution in [2.24, 2.45) is 0 Å². The quantitative estimate of drug-likeness (QED) is 0.653. The molecule has 0 saturated carbocycles. The molecule has 0 aliphatic heterocycles. The molecule has 0 unspecified atom stereocenters. The predicted octanol–water partition coefficient (Wildman–Crippen LogP) is 2.80. The molecule has 1 heterocycles. The molecule has 0 saturated heterocycles. The monoisotopic (exact) mass is 174 g/mol. The SMILES string of the molecule is Cc1nc2c(C)cc(C)c(C)c2[nH]1. The second kappa shape index (κ2) is 2.59. The summed E-state index contributed by atoms with van der Waals surface area (Å²) in [5.41, 5.74) is 6.19. The van der Waals surface area contributed by atoms with E-state index >= 15 is 0 Å². The summed E-state index contributed by atoms with van der Waals surface area (Å²) in [6.45, 7) is 8.37. The van der Waals surface area contributed by atoms with Crippen LogP contribution in [0.4, 0.5) is 0 Å². The first-order valence-electron chi connectivity index (χ1n) is 4.52. The first-order valence-corrected chi connectivity index (χ1v) is 4.52. The summed E-state index contributed by atoms with van der Waals surface area (Å²) in [6.07, 6.45) is 0. The molecule has 0 spiro atoms. The van der Waals surface area contributed by atoms with Gasteiger partial charge >= 0.3 is 0 Å². The van der Waals surface area contributed by atoms with Crippen molar-refractivity contribution >= 4 is 11.0 Å². The second-order valence-corrected chi connectivity index (χ2v) is 3.68. The topological polar surface area (TPSA) is 28.7 Å². The number of aromatic amines is 1. The molecule has 0 aliphatic carbocycles. The van der Waals surface area contributed by atoms with E-state index in [4.69, 9.17) is 0 Å². The summed E-state index contributed by atoms with van der Waals surface area (Å²) >= 11 is 0.